The van der Waals surface area contributed by atoms with Gasteiger partial charge in [-0.3, -0.25) is 0 Å². The Hall–Kier alpha value is -0.920. The zero-order chi connectivity index (χ0) is 8.89. The maximum atomic E-state index is 5.50. The smallest absolute Gasteiger partial charge is 0.129 e. The average molecular weight is 177 g/mol. The third-order valence-corrected chi connectivity index (χ3v) is 3.76. The fraction of sp³-hybridized carbons (Fsp3) is 0.636. The van der Waals surface area contributed by atoms with Crippen LogP contribution in [0.2, 0.25) is 0 Å². The van der Waals surface area contributed by atoms with Crippen LogP contribution in [0.3, 0.4) is 0 Å². The molecular weight excluding hydrogens is 162 g/mol. The van der Waals surface area contributed by atoms with Gasteiger partial charge in [0.15, 0.2) is 0 Å². The number of hydrogen-bond acceptors (Lipinski definition) is 2. The van der Waals surface area contributed by atoms with Crippen LogP contribution in [0.25, 0.3) is 0 Å². The summed E-state index contributed by atoms with van der Waals surface area (Å²) >= 11 is 0. The first-order chi connectivity index (χ1) is 6.36. The molecule has 3 heterocycles. The fourth-order valence-corrected chi connectivity index (χ4v) is 3.00. The molecule has 0 aromatic carbocycles. The van der Waals surface area contributed by atoms with Crippen LogP contribution in [0.4, 0.5) is 5.69 Å². The molecule has 0 bridgehead atoms. The molecule has 0 spiro atoms. The highest BCUT2D eigenvalue weighted by molar-refractivity contribution is 5.59. The van der Waals surface area contributed by atoms with E-state index in [2.05, 4.69) is 17.9 Å². The van der Waals surface area contributed by atoms with Gasteiger partial charge in [-0.1, -0.05) is 6.92 Å². The third-order valence-electron chi connectivity index (χ3n) is 3.76. The predicted molar refractivity (Wildman–Crippen MR) is 52.0 cm³/mol. The number of hydrogen-bond donors (Lipinski definition) is 0. The lowest BCUT2D eigenvalue weighted by Gasteiger charge is -2.32. The van der Waals surface area contributed by atoms with E-state index in [-0.39, 0.29) is 0 Å². The molecule has 13 heavy (non-hydrogen) atoms. The van der Waals surface area contributed by atoms with Crippen molar-refractivity contribution in [2.75, 3.05) is 11.4 Å². The summed E-state index contributed by atoms with van der Waals surface area (Å²) in [4.78, 5) is 2.56. The summed E-state index contributed by atoms with van der Waals surface area (Å²) < 4.78 is 5.50. The lowest BCUT2D eigenvalue weighted by Crippen LogP contribution is -2.40. The number of nitrogens with zero attached hydrogens (tertiary/aromatic N) is 1. The maximum Gasteiger partial charge on any atom is 0.129 e. The van der Waals surface area contributed by atoms with Crippen molar-refractivity contribution >= 4 is 5.69 Å². The molecule has 1 fully saturated rings. The van der Waals surface area contributed by atoms with E-state index in [4.69, 9.17) is 4.42 Å². The number of furan rings is 1. The zero-order valence-corrected chi connectivity index (χ0v) is 8.05. The molecule has 70 valence electrons. The Balaban J connectivity index is 2.07. The van der Waals surface area contributed by atoms with E-state index in [0.717, 1.165) is 6.42 Å². The van der Waals surface area contributed by atoms with Crippen molar-refractivity contribution < 1.29 is 4.42 Å². The van der Waals surface area contributed by atoms with Gasteiger partial charge in [0.2, 0.25) is 0 Å². The maximum absolute atomic E-state index is 5.50. The molecule has 1 aromatic heterocycles. The van der Waals surface area contributed by atoms with Crippen LogP contribution >= 0.6 is 0 Å². The number of rotatable bonds is 1. The largest absolute Gasteiger partial charge is 0.467 e. The van der Waals surface area contributed by atoms with Crippen LogP contribution in [-0.4, -0.2) is 12.1 Å². The molecule has 0 aliphatic carbocycles. The van der Waals surface area contributed by atoms with Crippen molar-refractivity contribution in [1.82, 2.24) is 0 Å². The van der Waals surface area contributed by atoms with Crippen LogP contribution in [0.5, 0.6) is 0 Å². The minimum Gasteiger partial charge on any atom is -0.467 e. The van der Waals surface area contributed by atoms with E-state index in [1.54, 1.807) is 0 Å². The highest BCUT2D eigenvalue weighted by Crippen LogP contribution is 2.47. The van der Waals surface area contributed by atoms with Crippen LogP contribution in [0.15, 0.2) is 16.7 Å². The summed E-state index contributed by atoms with van der Waals surface area (Å²) in [6, 6.07) is 2.12. The molecular formula is C11H15NO. The molecule has 0 saturated carbocycles. The van der Waals surface area contributed by atoms with E-state index in [9.17, 15) is 0 Å². The van der Waals surface area contributed by atoms with Gasteiger partial charge in [-0.05, 0) is 19.3 Å². The first-order valence-corrected chi connectivity index (χ1v) is 5.20. The second kappa shape index (κ2) is 2.31. The highest BCUT2D eigenvalue weighted by Gasteiger charge is 2.46. The number of anilines is 1. The monoisotopic (exact) mass is 177 g/mol. The molecule has 2 nitrogen and oxygen atoms in total. The highest BCUT2D eigenvalue weighted by atomic mass is 16.3. The van der Waals surface area contributed by atoms with E-state index in [0.29, 0.717) is 5.54 Å². The van der Waals surface area contributed by atoms with Gasteiger partial charge in [0.25, 0.3) is 0 Å². The Morgan fingerprint density at radius 2 is 2.54 bits per heavy atom. The minimum atomic E-state index is 0.426. The first kappa shape index (κ1) is 7.48. The Labute approximate surface area is 78.5 Å². The topological polar surface area (TPSA) is 16.4 Å². The van der Waals surface area contributed by atoms with Gasteiger partial charge >= 0.3 is 0 Å². The van der Waals surface area contributed by atoms with E-state index < -0.39 is 0 Å². The van der Waals surface area contributed by atoms with Crippen LogP contribution in [-0.2, 0) is 6.42 Å². The third kappa shape index (κ3) is 0.787. The van der Waals surface area contributed by atoms with Gasteiger partial charge in [-0.25, -0.2) is 0 Å². The molecule has 2 aliphatic rings. The Bertz CT molecular complexity index is 331. The molecule has 2 aliphatic heterocycles. The van der Waals surface area contributed by atoms with Crippen molar-refractivity contribution in [3.63, 3.8) is 0 Å². The van der Waals surface area contributed by atoms with Crippen molar-refractivity contribution in [3.8, 4) is 0 Å². The van der Waals surface area contributed by atoms with Gasteiger partial charge in [0, 0.05) is 24.6 Å². The first-order valence-electron chi connectivity index (χ1n) is 5.20. The standard InChI is InChI=1S/C11H15NO/c1-2-11-5-3-6-12(11)9-4-7-13-10(9)8-11/h4,7H,2-3,5-6,8H2,1H3. The lowest BCUT2D eigenvalue weighted by atomic mass is 9.91. The predicted octanol–water partition coefficient (Wildman–Crippen LogP) is 2.58. The molecule has 0 radical (unpaired) electrons. The van der Waals surface area contributed by atoms with Crippen molar-refractivity contribution in [2.24, 2.45) is 0 Å². The summed E-state index contributed by atoms with van der Waals surface area (Å²) in [6.07, 6.45) is 6.89. The van der Waals surface area contributed by atoms with Crippen LogP contribution < -0.4 is 4.90 Å². The van der Waals surface area contributed by atoms with Crippen LogP contribution in [0.1, 0.15) is 31.9 Å². The molecule has 3 rings (SSSR count). The van der Waals surface area contributed by atoms with Crippen molar-refractivity contribution in [3.05, 3.63) is 18.1 Å². The van der Waals surface area contributed by atoms with Gasteiger partial charge in [-0.2, -0.15) is 0 Å². The fourth-order valence-electron chi connectivity index (χ4n) is 3.00. The Morgan fingerprint density at radius 1 is 1.62 bits per heavy atom. The second-order valence-corrected chi connectivity index (χ2v) is 4.24. The van der Waals surface area contributed by atoms with E-state index in [1.165, 1.54) is 37.3 Å². The van der Waals surface area contributed by atoms with Crippen LogP contribution in [0, 0.1) is 0 Å². The molecule has 1 atom stereocenters. The second-order valence-electron chi connectivity index (χ2n) is 4.24. The summed E-state index contributed by atoms with van der Waals surface area (Å²) in [6.45, 7) is 3.52. The lowest BCUT2D eigenvalue weighted by molar-refractivity contribution is 0.395. The normalized spacial score (nSPS) is 30.7. The molecule has 2 heteroatoms. The van der Waals surface area contributed by atoms with Gasteiger partial charge in [0.1, 0.15) is 5.76 Å². The summed E-state index contributed by atoms with van der Waals surface area (Å²) in [5.41, 5.74) is 1.79. The Kier molecular flexibility index (Phi) is 1.33. The zero-order valence-electron chi connectivity index (χ0n) is 8.05. The van der Waals surface area contributed by atoms with Gasteiger partial charge in [-0.15, -0.1) is 0 Å². The molecule has 0 N–H and O–H groups in total. The summed E-state index contributed by atoms with van der Waals surface area (Å²) in [7, 11) is 0. The molecule has 0 amide bonds. The van der Waals surface area contributed by atoms with E-state index in [1.807, 2.05) is 6.26 Å². The van der Waals surface area contributed by atoms with Crippen molar-refractivity contribution in [1.29, 1.82) is 0 Å². The minimum absolute atomic E-state index is 0.426. The average Bonchev–Trinajstić information content (AvgIpc) is 2.72. The molecule has 1 unspecified atom stereocenters. The molecule has 1 aromatic rings. The Morgan fingerprint density at radius 3 is 3.38 bits per heavy atom. The van der Waals surface area contributed by atoms with E-state index >= 15 is 0 Å². The molecule has 1 saturated heterocycles. The quantitative estimate of drug-likeness (QED) is 0.655. The SMILES string of the molecule is CCC12CCCN1c1ccoc1C2. The van der Waals surface area contributed by atoms with Gasteiger partial charge < -0.3 is 9.32 Å². The summed E-state index contributed by atoms with van der Waals surface area (Å²) in [5, 5.41) is 0. The number of fused-ring (bicyclic) bond motifs is 3. The van der Waals surface area contributed by atoms with Crippen molar-refractivity contribution in [2.45, 2.75) is 38.1 Å². The van der Waals surface area contributed by atoms with Gasteiger partial charge in [0.05, 0.1) is 12.0 Å². The summed E-state index contributed by atoms with van der Waals surface area (Å²) in [5.74, 6) is 1.21.